The van der Waals surface area contributed by atoms with Gasteiger partial charge in [0.15, 0.2) is 5.82 Å². The van der Waals surface area contributed by atoms with E-state index in [0.717, 1.165) is 36.6 Å². The summed E-state index contributed by atoms with van der Waals surface area (Å²) in [7, 11) is 7.93. The molecule has 45 heavy (non-hydrogen) atoms. The van der Waals surface area contributed by atoms with Crippen LogP contribution in [0.25, 0.3) is 32.9 Å². The number of halogens is 2. The van der Waals surface area contributed by atoms with E-state index in [1.165, 1.54) is 0 Å². The van der Waals surface area contributed by atoms with Gasteiger partial charge in [0.05, 0.1) is 5.39 Å². The molecule has 0 aliphatic carbocycles. The van der Waals surface area contributed by atoms with Crippen molar-refractivity contribution in [1.82, 2.24) is 29.7 Å². The zero-order valence-corrected chi connectivity index (χ0v) is 27.0. The molecule has 1 amide bonds. The second-order valence-corrected chi connectivity index (χ2v) is 12.7. The summed E-state index contributed by atoms with van der Waals surface area (Å²) in [6.07, 6.45) is 8.02. The van der Waals surface area contributed by atoms with E-state index < -0.39 is 5.82 Å². The standard InChI is InChI=1S/C34H39ClFN7O2/c1-40(2)16-8-14-28(44)43-18-15-23(20-43)42(4)33-26-19-37-31(25-12-5-9-22-10-6-13-27(35)29(22)25)30(36)32(26)38-34(39-33)45-21-24-11-7-17-41(24)3/h5-6,8-10,12-14,19,23-24H,7,11,15-18,20-21H2,1-4H3/b14-8+/t23-,24+/m1/s1. The summed E-state index contributed by atoms with van der Waals surface area (Å²) in [5.41, 5.74) is 0.888. The highest BCUT2D eigenvalue weighted by Crippen LogP contribution is 2.37. The second-order valence-electron chi connectivity index (χ2n) is 12.2. The van der Waals surface area contributed by atoms with Crippen molar-refractivity contribution >= 4 is 45.0 Å². The van der Waals surface area contributed by atoms with Gasteiger partial charge in [-0.1, -0.05) is 48.0 Å². The second kappa shape index (κ2) is 13.2. The third-order valence-electron chi connectivity index (χ3n) is 8.92. The molecular weight excluding hydrogens is 593 g/mol. The van der Waals surface area contributed by atoms with Crippen molar-refractivity contribution < 1.29 is 13.9 Å². The molecule has 2 aliphatic rings. The Bertz CT molecular complexity index is 1740. The van der Waals surface area contributed by atoms with Gasteiger partial charge in [0.25, 0.3) is 0 Å². The van der Waals surface area contributed by atoms with E-state index >= 15 is 4.39 Å². The van der Waals surface area contributed by atoms with Gasteiger partial charge in [-0.05, 0) is 58.4 Å². The van der Waals surface area contributed by atoms with Crippen molar-refractivity contribution in [3.63, 3.8) is 0 Å². The van der Waals surface area contributed by atoms with Crippen molar-refractivity contribution in [3.05, 3.63) is 65.6 Å². The summed E-state index contributed by atoms with van der Waals surface area (Å²) in [6, 6.07) is 11.6. The van der Waals surface area contributed by atoms with Crippen molar-refractivity contribution in [1.29, 1.82) is 0 Å². The molecule has 2 saturated heterocycles. The van der Waals surface area contributed by atoms with Crippen LogP contribution in [-0.4, -0.2) is 109 Å². The highest BCUT2D eigenvalue weighted by Gasteiger charge is 2.31. The summed E-state index contributed by atoms with van der Waals surface area (Å²) >= 11 is 6.60. The Morgan fingerprint density at radius 1 is 1.13 bits per heavy atom. The van der Waals surface area contributed by atoms with Gasteiger partial charge in [-0.25, -0.2) is 4.39 Å². The summed E-state index contributed by atoms with van der Waals surface area (Å²) in [6.45, 7) is 3.27. The average molecular weight is 632 g/mol. The van der Waals surface area contributed by atoms with Crippen LogP contribution in [0.3, 0.4) is 0 Å². The minimum absolute atomic E-state index is 0.0175. The monoisotopic (exact) mass is 631 g/mol. The predicted molar refractivity (Wildman–Crippen MR) is 177 cm³/mol. The maximum absolute atomic E-state index is 16.6. The molecule has 2 fully saturated rings. The number of anilines is 1. The van der Waals surface area contributed by atoms with Crippen LogP contribution in [0.2, 0.25) is 5.02 Å². The summed E-state index contributed by atoms with van der Waals surface area (Å²) in [5.74, 6) is -0.0590. The number of pyridine rings is 1. The predicted octanol–water partition coefficient (Wildman–Crippen LogP) is 5.27. The third-order valence-corrected chi connectivity index (χ3v) is 9.23. The number of hydrogen-bond donors (Lipinski definition) is 0. The van der Waals surface area contributed by atoms with Gasteiger partial charge < -0.3 is 24.3 Å². The minimum atomic E-state index is -0.561. The first-order chi connectivity index (χ1) is 21.7. The number of benzene rings is 2. The molecule has 0 saturated carbocycles. The third kappa shape index (κ3) is 6.45. The molecule has 11 heteroatoms. The molecular formula is C34H39ClFN7O2. The van der Waals surface area contributed by atoms with E-state index in [1.807, 2.05) is 72.3 Å². The molecule has 0 radical (unpaired) electrons. The van der Waals surface area contributed by atoms with Crippen LogP contribution in [0.5, 0.6) is 6.01 Å². The molecule has 0 unspecified atom stereocenters. The molecule has 0 N–H and O–H groups in total. The van der Waals surface area contributed by atoms with Gasteiger partial charge in [-0.15, -0.1) is 0 Å². The van der Waals surface area contributed by atoms with Gasteiger partial charge in [-0.2, -0.15) is 9.97 Å². The van der Waals surface area contributed by atoms with Crippen molar-refractivity contribution in [2.45, 2.75) is 31.3 Å². The molecule has 0 bridgehead atoms. The number of aromatic nitrogens is 3. The van der Waals surface area contributed by atoms with E-state index in [-0.39, 0.29) is 35.2 Å². The van der Waals surface area contributed by atoms with Crippen molar-refractivity contribution in [2.24, 2.45) is 0 Å². The fraction of sp³-hybridized carbons (Fsp3) is 0.412. The van der Waals surface area contributed by atoms with E-state index in [0.29, 0.717) is 48.0 Å². The molecule has 4 aromatic rings. The number of ether oxygens (including phenoxy) is 1. The Labute approximate surface area is 268 Å². The Morgan fingerprint density at radius 3 is 2.69 bits per heavy atom. The highest BCUT2D eigenvalue weighted by atomic mass is 35.5. The van der Waals surface area contributed by atoms with Crippen LogP contribution in [0, 0.1) is 5.82 Å². The molecule has 2 atom stereocenters. The van der Waals surface area contributed by atoms with Crippen LogP contribution in [0.4, 0.5) is 10.2 Å². The van der Waals surface area contributed by atoms with E-state index in [2.05, 4.69) is 21.9 Å². The number of carbonyl (C=O) groups excluding carboxylic acids is 1. The largest absolute Gasteiger partial charge is 0.462 e. The van der Waals surface area contributed by atoms with Gasteiger partial charge in [0, 0.05) is 67.0 Å². The van der Waals surface area contributed by atoms with Crippen molar-refractivity contribution in [2.75, 3.05) is 65.9 Å². The Hall–Kier alpha value is -3.86. The number of rotatable bonds is 9. The first-order valence-corrected chi connectivity index (χ1v) is 15.8. The summed E-state index contributed by atoms with van der Waals surface area (Å²) in [4.78, 5) is 35.0. The number of fused-ring (bicyclic) bond motifs is 2. The van der Waals surface area contributed by atoms with Crippen LogP contribution in [-0.2, 0) is 4.79 Å². The molecule has 9 nitrogen and oxygen atoms in total. The molecule has 2 aromatic heterocycles. The summed E-state index contributed by atoms with van der Waals surface area (Å²) in [5, 5.41) is 2.63. The van der Waals surface area contributed by atoms with Crippen LogP contribution >= 0.6 is 11.6 Å². The number of nitrogens with zero attached hydrogens (tertiary/aromatic N) is 7. The summed E-state index contributed by atoms with van der Waals surface area (Å²) < 4.78 is 22.8. The number of likely N-dealkylation sites (N-methyl/N-ethyl adjacent to an activating group) is 3. The lowest BCUT2D eigenvalue weighted by Crippen LogP contribution is -2.37. The molecule has 4 heterocycles. The van der Waals surface area contributed by atoms with Crippen LogP contribution < -0.4 is 9.64 Å². The molecule has 2 aliphatic heterocycles. The first-order valence-electron chi connectivity index (χ1n) is 15.4. The zero-order valence-electron chi connectivity index (χ0n) is 26.2. The van der Waals surface area contributed by atoms with E-state index in [4.69, 9.17) is 21.3 Å². The number of carbonyl (C=O) groups is 1. The topological polar surface area (TPSA) is 77.9 Å². The fourth-order valence-electron chi connectivity index (χ4n) is 6.30. The smallest absolute Gasteiger partial charge is 0.319 e. The zero-order chi connectivity index (χ0) is 31.7. The minimum Gasteiger partial charge on any atom is -0.462 e. The highest BCUT2D eigenvalue weighted by molar-refractivity contribution is 6.36. The fourth-order valence-corrected chi connectivity index (χ4v) is 6.58. The maximum atomic E-state index is 16.6. The molecule has 2 aromatic carbocycles. The van der Waals surface area contributed by atoms with Gasteiger partial charge >= 0.3 is 6.01 Å². The molecule has 6 rings (SSSR count). The van der Waals surface area contributed by atoms with E-state index in [1.54, 1.807) is 18.3 Å². The first kappa shape index (κ1) is 31.1. The van der Waals surface area contributed by atoms with Crippen LogP contribution in [0.15, 0.2) is 54.7 Å². The number of amides is 1. The molecule has 0 spiro atoms. The number of hydrogen-bond acceptors (Lipinski definition) is 8. The Morgan fingerprint density at radius 2 is 1.93 bits per heavy atom. The lowest BCUT2D eigenvalue weighted by Gasteiger charge is -2.27. The van der Waals surface area contributed by atoms with Crippen molar-refractivity contribution in [3.8, 4) is 17.3 Å². The quantitative estimate of drug-likeness (QED) is 0.232. The van der Waals surface area contributed by atoms with Crippen LogP contribution in [0.1, 0.15) is 19.3 Å². The average Bonchev–Trinajstić information content (AvgIpc) is 3.69. The normalized spacial score (nSPS) is 19.0. The van der Waals surface area contributed by atoms with Gasteiger partial charge in [0.1, 0.15) is 23.6 Å². The number of likely N-dealkylation sites (tertiary alicyclic amines) is 2. The van der Waals surface area contributed by atoms with Gasteiger partial charge in [0.2, 0.25) is 5.91 Å². The van der Waals surface area contributed by atoms with E-state index in [9.17, 15) is 4.79 Å². The molecule has 236 valence electrons. The Balaban J connectivity index is 1.37. The Kier molecular flexibility index (Phi) is 9.16. The maximum Gasteiger partial charge on any atom is 0.319 e. The van der Waals surface area contributed by atoms with Gasteiger partial charge in [-0.3, -0.25) is 9.78 Å². The lowest BCUT2D eigenvalue weighted by atomic mass is 10.0. The SMILES string of the molecule is CN(C)C/C=C/C(=O)N1CC[C@@H](N(C)c2nc(OC[C@@H]3CCCN3C)nc3c(F)c(-c4cccc5cccc(Cl)c45)ncc23)C1. The lowest BCUT2D eigenvalue weighted by molar-refractivity contribution is -0.125.